The van der Waals surface area contributed by atoms with Gasteiger partial charge in [-0.05, 0) is 70.6 Å². The number of nitrogens with one attached hydrogen (secondary N) is 1. The second-order valence-corrected chi connectivity index (χ2v) is 6.76. The lowest BCUT2D eigenvalue weighted by molar-refractivity contribution is 0.0472. The SMILES string of the molecule is COc1ccc(NC(=O)c2ccc(COC(=O)c3cccc(-n4cnnn4)c3)cc2)cc1. The molecule has 0 unspecified atom stereocenters. The second kappa shape index (κ2) is 9.52. The van der Waals surface area contributed by atoms with Crippen molar-refractivity contribution < 1.29 is 19.1 Å². The van der Waals surface area contributed by atoms with Crippen LogP contribution >= 0.6 is 0 Å². The van der Waals surface area contributed by atoms with Gasteiger partial charge in [-0.2, -0.15) is 0 Å². The number of anilines is 1. The summed E-state index contributed by atoms with van der Waals surface area (Å²) in [5.41, 5.74) is 2.95. The Bertz CT molecular complexity index is 1210. The Morgan fingerprint density at radius 1 is 0.969 bits per heavy atom. The van der Waals surface area contributed by atoms with Gasteiger partial charge in [0.2, 0.25) is 0 Å². The average Bonchev–Trinajstić information content (AvgIpc) is 3.38. The molecule has 0 saturated carbocycles. The van der Waals surface area contributed by atoms with Crippen LogP contribution in [0.5, 0.6) is 5.75 Å². The maximum Gasteiger partial charge on any atom is 0.338 e. The smallest absolute Gasteiger partial charge is 0.338 e. The number of carbonyl (C=O) groups excluding carboxylic acids is 2. The number of amides is 1. The molecule has 32 heavy (non-hydrogen) atoms. The van der Waals surface area contributed by atoms with Crippen molar-refractivity contribution in [3.63, 3.8) is 0 Å². The van der Waals surface area contributed by atoms with Crippen molar-refractivity contribution in [1.29, 1.82) is 0 Å². The van der Waals surface area contributed by atoms with Crippen LogP contribution < -0.4 is 10.1 Å². The Morgan fingerprint density at radius 2 is 1.75 bits per heavy atom. The van der Waals surface area contributed by atoms with E-state index in [2.05, 4.69) is 20.8 Å². The molecule has 1 heterocycles. The minimum absolute atomic E-state index is 0.0777. The van der Waals surface area contributed by atoms with Crippen LogP contribution in [0.4, 0.5) is 5.69 Å². The molecule has 0 fully saturated rings. The largest absolute Gasteiger partial charge is 0.497 e. The van der Waals surface area contributed by atoms with Crippen LogP contribution in [-0.2, 0) is 11.3 Å². The molecule has 1 aromatic heterocycles. The summed E-state index contributed by atoms with van der Waals surface area (Å²) in [6, 6.07) is 20.7. The highest BCUT2D eigenvalue weighted by Gasteiger charge is 2.11. The molecule has 0 spiro atoms. The van der Waals surface area contributed by atoms with Crippen molar-refractivity contribution in [2.75, 3.05) is 12.4 Å². The average molecular weight is 429 g/mol. The molecule has 0 aliphatic heterocycles. The second-order valence-electron chi connectivity index (χ2n) is 6.76. The molecule has 9 nitrogen and oxygen atoms in total. The lowest BCUT2D eigenvalue weighted by atomic mass is 10.1. The lowest BCUT2D eigenvalue weighted by Gasteiger charge is -2.08. The highest BCUT2D eigenvalue weighted by atomic mass is 16.5. The Labute approximate surface area is 183 Å². The van der Waals surface area contributed by atoms with E-state index in [0.717, 1.165) is 5.56 Å². The fourth-order valence-electron chi connectivity index (χ4n) is 2.92. The van der Waals surface area contributed by atoms with Gasteiger partial charge in [-0.15, -0.1) is 5.10 Å². The number of tetrazole rings is 1. The Balaban J connectivity index is 1.34. The van der Waals surface area contributed by atoms with Gasteiger partial charge in [0.05, 0.1) is 18.4 Å². The first-order chi connectivity index (χ1) is 15.6. The van der Waals surface area contributed by atoms with Gasteiger partial charge in [0.15, 0.2) is 0 Å². The molecule has 1 N–H and O–H groups in total. The molecule has 3 aromatic carbocycles. The summed E-state index contributed by atoms with van der Waals surface area (Å²) >= 11 is 0. The van der Waals surface area contributed by atoms with E-state index in [4.69, 9.17) is 9.47 Å². The number of aromatic nitrogens is 4. The summed E-state index contributed by atoms with van der Waals surface area (Å²) in [6.07, 6.45) is 1.44. The maximum atomic E-state index is 12.4. The van der Waals surface area contributed by atoms with Gasteiger partial charge in [-0.1, -0.05) is 18.2 Å². The first-order valence-corrected chi connectivity index (χ1v) is 9.67. The molecule has 0 aliphatic carbocycles. The fraction of sp³-hybridized carbons (Fsp3) is 0.0870. The first kappa shape index (κ1) is 20.7. The van der Waals surface area contributed by atoms with E-state index in [1.54, 1.807) is 79.9 Å². The first-order valence-electron chi connectivity index (χ1n) is 9.67. The van der Waals surface area contributed by atoms with Crippen molar-refractivity contribution in [3.8, 4) is 11.4 Å². The minimum Gasteiger partial charge on any atom is -0.497 e. The van der Waals surface area contributed by atoms with Gasteiger partial charge >= 0.3 is 5.97 Å². The predicted molar refractivity (Wildman–Crippen MR) is 116 cm³/mol. The van der Waals surface area contributed by atoms with Crippen LogP contribution in [0.25, 0.3) is 5.69 Å². The molecule has 0 radical (unpaired) electrons. The van der Waals surface area contributed by atoms with Crippen LogP contribution in [-0.4, -0.2) is 39.2 Å². The number of methoxy groups -OCH3 is 1. The molecule has 0 aliphatic rings. The molecule has 4 rings (SSSR count). The van der Waals surface area contributed by atoms with Crippen molar-refractivity contribution in [2.45, 2.75) is 6.61 Å². The third-order valence-electron chi connectivity index (χ3n) is 4.63. The van der Waals surface area contributed by atoms with Gasteiger partial charge in [-0.3, -0.25) is 4.79 Å². The number of ether oxygens (including phenoxy) is 2. The zero-order valence-corrected chi connectivity index (χ0v) is 17.1. The number of hydrogen-bond acceptors (Lipinski definition) is 7. The summed E-state index contributed by atoms with van der Waals surface area (Å²) in [6.45, 7) is 0.0777. The van der Waals surface area contributed by atoms with E-state index >= 15 is 0 Å². The van der Waals surface area contributed by atoms with Crippen molar-refractivity contribution in [3.05, 3.63) is 95.8 Å². The van der Waals surface area contributed by atoms with E-state index in [-0.39, 0.29) is 12.5 Å². The molecule has 0 saturated heterocycles. The molecular weight excluding hydrogens is 410 g/mol. The third-order valence-corrected chi connectivity index (χ3v) is 4.63. The highest BCUT2D eigenvalue weighted by Crippen LogP contribution is 2.17. The molecule has 0 atom stereocenters. The van der Waals surface area contributed by atoms with Gasteiger partial charge < -0.3 is 14.8 Å². The zero-order chi connectivity index (χ0) is 22.3. The van der Waals surface area contributed by atoms with E-state index in [1.165, 1.54) is 11.0 Å². The third kappa shape index (κ3) is 4.96. The van der Waals surface area contributed by atoms with Crippen LogP contribution in [0, 0.1) is 0 Å². The number of benzene rings is 3. The summed E-state index contributed by atoms with van der Waals surface area (Å²) in [7, 11) is 1.58. The Morgan fingerprint density at radius 3 is 2.44 bits per heavy atom. The number of nitrogens with zero attached hydrogens (tertiary/aromatic N) is 4. The predicted octanol–water partition coefficient (Wildman–Crippen LogP) is 3.28. The normalized spacial score (nSPS) is 10.4. The molecule has 9 heteroatoms. The topological polar surface area (TPSA) is 108 Å². The van der Waals surface area contributed by atoms with E-state index < -0.39 is 5.97 Å². The van der Waals surface area contributed by atoms with Crippen molar-refractivity contribution in [2.24, 2.45) is 0 Å². The van der Waals surface area contributed by atoms with E-state index in [9.17, 15) is 9.59 Å². The summed E-state index contributed by atoms with van der Waals surface area (Å²) in [5, 5.41) is 13.8. The van der Waals surface area contributed by atoms with Crippen LogP contribution in [0.3, 0.4) is 0 Å². The van der Waals surface area contributed by atoms with Crippen LogP contribution in [0.15, 0.2) is 79.1 Å². The van der Waals surface area contributed by atoms with E-state index in [0.29, 0.717) is 28.3 Å². The maximum absolute atomic E-state index is 12.4. The summed E-state index contributed by atoms with van der Waals surface area (Å²) in [5.74, 6) is 0.00315. The number of hydrogen-bond donors (Lipinski definition) is 1. The Hall–Kier alpha value is -4.53. The molecule has 4 aromatic rings. The standard InChI is InChI=1S/C23H19N5O4/c1-31-21-11-9-19(10-12-21)25-22(29)17-7-5-16(6-8-17)14-32-23(30)18-3-2-4-20(13-18)28-15-24-26-27-28/h2-13,15H,14H2,1H3,(H,25,29). The zero-order valence-electron chi connectivity index (χ0n) is 17.1. The van der Waals surface area contributed by atoms with Crippen LogP contribution in [0.2, 0.25) is 0 Å². The number of esters is 1. The number of rotatable bonds is 7. The van der Waals surface area contributed by atoms with Gasteiger partial charge in [0.25, 0.3) is 5.91 Å². The summed E-state index contributed by atoms with van der Waals surface area (Å²) < 4.78 is 11.9. The summed E-state index contributed by atoms with van der Waals surface area (Å²) in [4.78, 5) is 24.8. The van der Waals surface area contributed by atoms with Gasteiger partial charge in [0, 0.05) is 11.3 Å². The molecule has 160 valence electrons. The molecule has 1 amide bonds. The van der Waals surface area contributed by atoms with Crippen molar-refractivity contribution >= 4 is 17.6 Å². The van der Waals surface area contributed by atoms with Gasteiger partial charge in [0.1, 0.15) is 18.7 Å². The molecular formula is C23H19N5O4. The number of carbonyl (C=O) groups is 2. The van der Waals surface area contributed by atoms with E-state index in [1.807, 2.05) is 0 Å². The fourth-order valence-corrected chi connectivity index (χ4v) is 2.92. The van der Waals surface area contributed by atoms with Gasteiger partial charge in [-0.25, -0.2) is 9.48 Å². The van der Waals surface area contributed by atoms with Crippen molar-refractivity contribution in [1.82, 2.24) is 20.2 Å². The Kier molecular flexibility index (Phi) is 6.17. The quantitative estimate of drug-likeness (QED) is 0.449. The van der Waals surface area contributed by atoms with Crippen LogP contribution in [0.1, 0.15) is 26.3 Å². The lowest BCUT2D eigenvalue weighted by Crippen LogP contribution is -2.12. The minimum atomic E-state index is -0.471. The highest BCUT2D eigenvalue weighted by molar-refractivity contribution is 6.04. The molecule has 0 bridgehead atoms. The monoisotopic (exact) mass is 429 g/mol.